The highest BCUT2D eigenvalue weighted by Crippen LogP contribution is 2.44. The first-order valence-electron chi connectivity index (χ1n) is 14.2. The van der Waals surface area contributed by atoms with Crippen molar-refractivity contribution in [2.75, 3.05) is 0 Å². The third kappa shape index (κ3) is 4.13. The van der Waals surface area contributed by atoms with Gasteiger partial charge in [0.15, 0.2) is 0 Å². The van der Waals surface area contributed by atoms with Crippen LogP contribution in [0.3, 0.4) is 0 Å². The van der Waals surface area contributed by atoms with Gasteiger partial charge in [-0.1, -0.05) is 109 Å². The average Bonchev–Trinajstić information content (AvgIpc) is 3.07. The van der Waals surface area contributed by atoms with Crippen molar-refractivity contribution in [3.05, 3.63) is 158 Å². The Bertz CT molecular complexity index is 2180. The van der Waals surface area contributed by atoms with Crippen molar-refractivity contribution in [3.8, 4) is 44.6 Å². The second-order valence-electron chi connectivity index (χ2n) is 10.7. The Balaban J connectivity index is 1.32. The van der Waals surface area contributed by atoms with E-state index in [9.17, 15) is 0 Å². The summed E-state index contributed by atoms with van der Waals surface area (Å²) >= 11 is 0. The lowest BCUT2D eigenvalue weighted by molar-refractivity contribution is 1.29. The summed E-state index contributed by atoms with van der Waals surface area (Å²) in [6, 6.07) is 50.1. The van der Waals surface area contributed by atoms with Crippen LogP contribution in [-0.2, 0) is 0 Å². The molecule has 0 fully saturated rings. The lowest BCUT2D eigenvalue weighted by Crippen LogP contribution is -1.91. The maximum atomic E-state index is 4.77. The van der Waals surface area contributed by atoms with Gasteiger partial charge in [0.05, 0.1) is 5.69 Å². The zero-order chi connectivity index (χ0) is 27.9. The molecule has 0 aliphatic heterocycles. The molecule has 2 heterocycles. The van der Waals surface area contributed by atoms with E-state index < -0.39 is 0 Å². The first-order chi connectivity index (χ1) is 20.8. The minimum atomic E-state index is 0.943. The summed E-state index contributed by atoms with van der Waals surface area (Å²) in [5.74, 6) is 0. The Morgan fingerprint density at radius 1 is 0.357 bits per heavy atom. The van der Waals surface area contributed by atoms with Gasteiger partial charge in [0.1, 0.15) is 0 Å². The third-order valence-electron chi connectivity index (χ3n) is 8.19. The van der Waals surface area contributed by atoms with Crippen LogP contribution in [-0.4, -0.2) is 9.97 Å². The maximum Gasteiger partial charge on any atom is 0.0703 e. The van der Waals surface area contributed by atoms with E-state index in [2.05, 4.69) is 132 Å². The van der Waals surface area contributed by atoms with Gasteiger partial charge in [0.2, 0.25) is 0 Å². The normalized spacial score (nSPS) is 11.3. The Labute approximate surface area is 244 Å². The zero-order valence-corrected chi connectivity index (χ0v) is 22.9. The van der Waals surface area contributed by atoms with Gasteiger partial charge in [-0.05, 0) is 90.5 Å². The van der Waals surface area contributed by atoms with Crippen molar-refractivity contribution in [1.82, 2.24) is 9.97 Å². The lowest BCUT2D eigenvalue weighted by Gasteiger charge is -2.18. The molecule has 42 heavy (non-hydrogen) atoms. The van der Waals surface area contributed by atoms with Crippen LogP contribution in [0.2, 0.25) is 0 Å². The number of hydrogen-bond acceptors (Lipinski definition) is 2. The molecule has 0 radical (unpaired) electrons. The number of pyridine rings is 2. The maximum absolute atomic E-state index is 4.77. The molecule has 8 aromatic rings. The molecule has 0 spiro atoms. The van der Waals surface area contributed by atoms with Gasteiger partial charge in [-0.3, -0.25) is 9.97 Å². The predicted octanol–water partition coefficient (Wildman–Crippen LogP) is 10.6. The molecule has 2 aromatic heterocycles. The summed E-state index contributed by atoms with van der Waals surface area (Å²) in [6.45, 7) is 0. The molecule has 0 N–H and O–H groups in total. The van der Waals surface area contributed by atoms with E-state index in [0.717, 1.165) is 22.4 Å². The number of rotatable bonds is 4. The molecule has 0 unspecified atom stereocenters. The molecule has 0 aliphatic rings. The summed E-state index contributed by atoms with van der Waals surface area (Å²) in [5.41, 5.74) is 9.22. The van der Waals surface area contributed by atoms with Gasteiger partial charge in [-0.15, -0.1) is 0 Å². The summed E-state index contributed by atoms with van der Waals surface area (Å²) in [5, 5.41) is 7.53. The number of aromatic nitrogens is 2. The van der Waals surface area contributed by atoms with E-state index in [4.69, 9.17) is 4.98 Å². The Hall–Kier alpha value is -5.60. The summed E-state index contributed by atoms with van der Waals surface area (Å²) < 4.78 is 0. The Kier molecular flexibility index (Phi) is 5.82. The van der Waals surface area contributed by atoms with E-state index in [1.165, 1.54) is 54.6 Å². The Morgan fingerprint density at radius 3 is 1.57 bits per heavy atom. The molecule has 196 valence electrons. The summed E-state index contributed by atoms with van der Waals surface area (Å²) in [6.07, 6.45) is 5.57. The monoisotopic (exact) mass is 534 g/mol. The van der Waals surface area contributed by atoms with Crippen molar-refractivity contribution >= 4 is 32.3 Å². The molecule has 0 saturated carbocycles. The topological polar surface area (TPSA) is 25.8 Å². The van der Waals surface area contributed by atoms with Gasteiger partial charge in [-0.25, -0.2) is 0 Å². The predicted molar refractivity (Wildman–Crippen MR) is 176 cm³/mol. The first-order valence-corrected chi connectivity index (χ1v) is 14.2. The second kappa shape index (κ2) is 10.1. The van der Waals surface area contributed by atoms with Crippen LogP contribution in [0.25, 0.3) is 77.0 Å². The van der Waals surface area contributed by atoms with Crippen LogP contribution < -0.4 is 0 Å². The van der Waals surface area contributed by atoms with Crippen molar-refractivity contribution in [3.63, 3.8) is 0 Å². The van der Waals surface area contributed by atoms with Crippen molar-refractivity contribution < 1.29 is 0 Å². The molecule has 2 nitrogen and oxygen atoms in total. The van der Waals surface area contributed by atoms with Crippen LogP contribution in [0.1, 0.15) is 0 Å². The van der Waals surface area contributed by atoms with Gasteiger partial charge in [-0.2, -0.15) is 0 Å². The number of hydrogen-bond donors (Lipinski definition) is 0. The van der Waals surface area contributed by atoms with Crippen LogP contribution in [0.5, 0.6) is 0 Å². The fourth-order valence-electron chi connectivity index (χ4n) is 6.21. The van der Waals surface area contributed by atoms with E-state index in [1.807, 2.05) is 18.3 Å². The van der Waals surface area contributed by atoms with Crippen molar-refractivity contribution in [2.45, 2.75) is 0 Å². The molecule has 6 aromatic carbocycles. The highest BCUT2D eigenvalue weighted by molar-refractivity contribution is 6.21. The highest BCUT2D eigenvalue weighted by Gasteiger charge is 2.17. The van der Waals surface area contributed by atoms with E-state index in [-0.39, 0.29) is 0 Å². The second-order valence-corrected chi connectivity index (χ2v) is 10.7. The number of nitrogens with zero attached hydrogens (tertiary/aromatic N) is 2. The van der Waals surface area contributed by atoms with Crippen LogP contribution in [0.4, 0.5) is 0 Å². The summed E-state index contributed by atoms with van der Waals surface area (Å²) in [4.78, 5) is 8.89. The number of fused-ring (bicyclic) bond motifs is 3. The van der Waals surface area contributed by atoms with E-state index in [1.54, 1.807) is 12.4 Å². The lowest BCUT2D eigenvalue weighted by atomic mass is 9.85. The first kappa shape index (κ1) is 24.2. The average molecular weight is 535 g/mol. The highest BCUT2D eigenvalue weighted by atomic mass is 14.7. The molecular weight excluding hydrogens is 508 g/mol. The molecule has 0 amide bonds. The molecule has 8 rings (SSSR count). The zero-order valence-electron chi connectivity index (χ0n) is 22.9. The molecule has 2 heteroatoms. The van der Waals surface area contributed by atoms with Gasteiger partial charge in [0.25, 0.3) is 0 Å². The molecule has 0 saturated heterocycles. The van der Waals surface area contributed by atoms with E-state index in [0.29, 0.717) is 0 Å². The molecular formula is C40H26N2. The molecule has 0 bridgehead atoms. The fourth-order valence-corrected chi connectivity index (χ4v) is 6.21. The van der Waals surface area contributed by atoms with Crippen LogP contribution in [0, 0.1) is 0 Å². The minimum Gasteiger partial charge on any atom is -0.265 e. The quantitative estimate of drug-likeness (QED) is 0.210. The van der Waals surface area contributed by atoms with Gasteiger partial charge >= 0.3 is 0 Å². The van der Waals surface area contributed by atoms with E-state index >= 15 is 0 Å². The minimum absolute atomic E-state index is 0.943. The smallest absolute Gasteiger partial charge is 0.0703 e. The van der Waals surface area contributed by atoms with Crippen LogP contribution >= 0.6 is 0 Å². The largest absolute Gasteiger partial charge is 0.265 e. The fraction of sp³-hybridized carbons (Fsp3) is 0. The van der Waals surface area contributed by atoms with Gasteiger partial charge < -0.3 is 0 Å². The third-order valence-corrected chi connectivity index (χ3v) is 8.19. The number of benzene rings is 6. The van der Waals surface area contributed by atoms with Gasteiger partial charge in [0, 0.05) is 29.7 Å². The van der Waals surface area contributed by atoms with Crippen molar-refractivity contribution in [2.24, 2.45) is 0 Å². The standard InChI is InChI=1S/C40H26N2/c1-2-9-29-24-32(17-16-27(29)8-1)40-36-14-5-3-12-34(36)39(35-13-4-6-15-37(35)40)31-11-7-10-30(25-31)33-18-19-38(42-26-33)28-20-22-41-23-21-28/h1-26H. The van der Waals surface area contributed by atoms with Crippen molar-refractivity contribution in [1.29, 1.82) is 0 Å². The summed E-state index contributed by atoms with van der Waals surface area (Å²) in [7, 11) is 0. The molecule has 0 atom stereocenters. The molecule has 0 aliphatic carbocycles. The van der Waals surface area contributed by atoms with Crippen LogP contribution in [0.15, 0.2) is 158 Å². The Morgan fingerprint density at radius 2 is 0.929 bits per heavy atom. The SMILES string of the molecule is c1cc(-c2ccc(-c3ccncc3)nc2)cc(-c2c3ccccc3c(-c3ccc4ccccc4c3)c3ccccc23)c1.